The fourth-order valence-corrected chi connectivity index (χ4v) is 3.09. The first-order valence-corrected chi connectivity index (χ1v) is 8.21. The van der Waals surface area contributed by atoms with Gasteiger partial charge >= 0.3 is 0 Å². The number of amides is 1. The summed E-state index contributed by atoms with van der Waals surface area (Å²) in [5, 5.41) is 21.9. The number of aromatic nitrogens is 1. The van der Waals surface area contributed by atoms with Crippen molar-refractivity contribution in [3.63, 3.8) is 0 Å². The van der Waals surface area contributed by atoms with Gasteiger partial charge in [-0.3, -0.25) is 4.79 Å². The fourth-order valence-electron chi connectivity index (χ4n) is 3.09. The molecule has 1 aromatic heterocycles. The number of hydrogen-bond donors (Lipinski definition) is 2. The van der Waals surface area contributed by atoms with E-state index in [-0.39, 0.29) is 23.3 Å². The van der Waals surface area contributed by atoms with Crippen LogP contribution in [0.15, 0.2) is 22.6 Å². The van der Waals surface area contributed by atoms with Gasteiger partial charge in [-0.15, -0.1) is 0 Å². The number of nitrogens with zero attached hydrogens (tertiary/aromatic N) is 3. The van der Waals surface area contributed by atoms with Crippen LogP contribution in [0.1, 0.15) is 30.0 Å². The summed E-state index contributed by atoms with van der Waals surface area (Å²) in [6.45, 7) is 4.77. The summed E-state index contributed by atoms with van der Waals surface area (Å²) in [5.74, 6) is 0.766. The average molecular weight is 340 g/mol. The minimum atomic E-state index is -0.148. The molecule has 0 aliphatic carbocycles. The van der Waals surface area contributed by atoms with Gasteiger partial charge in [0, 0.05) is 25.9 Å². The molecule has 1 aliphatic rings. The summed E-state index contributed by atoms with van der Waals surface area (Å²) in [6.07, 6.45) is 1.28. The number of oxazole rings is 1. The number of benzene rings is 1. The zero-order chi connectivity index (χ0) is 18.0. The van der Waals surface area contributed by atoms with Crippen LogP contribution in [-0.4, -0.2) is 29.1 Å². The Balaban J connectivity index is 1.64. The number of piperidine rings is 1. The molecular weight excluding hydrogens is 320 g/mol. The van der Waals surface area contributed by atoms with Gasteiger partial charge in [-0.05, 0) is 31.4 Å². The summed E-state index contributed by atoms with van der Waals surface area (Å²) in [4.78, 5) is 18.5. The molecule has 0 radical (unpaired) electrons. The maximum absolute atomic E-state index is 12.5. The Kier molecular flexibility index (Phi) is 4.61. The number of anilines is 2. The van der Waals surface area contributed by atoms with E-state index in [2.05, 4.69) is 10.3 Å². The molecule has 0 unspecified atom stereocenters. The number of hydrogen-bond acceptors (Lipinski definition) is 6. The number of nitrogens with one attached hydrogen (secondary N) is 1. The monoisotopic (exact) mass is 340 g/mol. The van der Waals surface area contributed by atoms with Crippen LogP contribution < -0.4 is 10.2 Å². The number of nitriles is 1. The molecule has 3 rings (SSSR count). The first-order valence-electron chi connectivity index (χ1n) is 8.21. The molecule has 7 heteroatoms. The standard InChI is InChI=1S/C18H20N4O3/c1-11-4-3-5-15(23)16(11)21-17(24)13-6-8-22(9-7-13)18-14(10-19)20-12(2)25-18/h3-5,13,23H,6-9H2,1-2H3,(H,21,24). The number of rotatable bonds is 3. The topological polar surface area (TPSA) is 102 Å². The molecule has 1 aromatic carbocycles. The molecule has 2 N–H and O–H groups in total. The first kappa shape index (κ1) is 16.8. The lowest BCUT2D eigenvalue weighted by atomic mass is 9.95. The maximum atomic E-state index is 12.5. The number of phenolic OH excluding ortho intramolecular Hbond substituents is 1. The second kappa shape index (κ2) is 6.85. The SMILES string of the molecule is Cc1nc(C#N)c(N2CCC(C(=O)Nc3c(C)cccc3O)CC2)o1. The van der Waals surface area contributed by atoms with Gasteiger partial charge in [-0.2, -0.15) is 5.26 Å². The van der Waals surface area contributed by atoms with Crippen molar-refractivity contribution in [1.82, 2.24) is 4.98 Å². The van der Waals surface area contributed by atoms with Gasteiger partial charge in [0.25, 0.3) is 0 Å². The van der Waals surface area contributed by atoms with Crippen molar-refractivity contribution >= 4 is 17.5 Å². The zero-order valence-electron chi connectivity index (χ0n) is 14.2. The summed E-state index contributed by atoms with van der Waals surface area (Å²) >= 11 is 0. The van der Waals surface area contributed by atoms with Gasteiger partial charge in [-0.25, -0.2) is 4.98 Å². The van der Waals surface area contributed by atoms with Gasteiger partial charge in [-0.1, -0.05) is 12.1 Å². The van der Waals surface area contributed by atoms with E-state index in [1.165, 1.54) is 0 Å². The highest BCUT2D eigenvalue weighted by Crippen LogP contribution is 2.30. The summed E-state index contributed by atoms with van der Waals surface area (Å²) in [7, 11) is 0. The summed E-state index contributed by atoms with van der Waals surface area (Å²) in [6, 6.07) is 7.18. The highest BCUT2D eigenvalue weighted by molar-refractivity contribution is 5.94. The van der Waals surface area contributed by atoms with Crippen molar-refractivity contribution in [2.24, 2.45) is 5.92 Å². The number of carbonyl (C=O) groups is 1. The predicted octanol–water partition coefficient (Wildman–Crippen LogP) is 2.72. The van der Waals surface area contributed by atoms with Gasteiger partial charge in [0.05, 0.1) is 5.69 Å². The smallest absolute Gasteiger partial charge is 0.234 e. The van der Waals surface area contributed by atoms with Crippen molar-refractivity contribution in [3.05, 3.63) is 35.3 Å². The van der Waals surface area contributed by atoms with Crippen LogP contribution in [0.4, 0.5) is 11.6 Å². The molecule has 25 heavy (non-hydrogen) atoms. The van der Waals surface area contributed by atoms with Crippen LogP contribution in [0.5, 0.6) is 5.75 Å². The van der Waals surface area contributed by atoms with E-state index in [0.717, 1.165) is 5.56 Å². The molecule has 0 spiro atoms. The summed E-state index contributed by atoms with van der Waals surface area (Å²) in [5.41, 5.74) is 1.57. The summed E-state index contributed by atoms with van der Waals surface area (Å²) < 4.78 is 5.53. The van der Waals surface area contributed by atoms with Gasteiger partial charge < -0.3 is 19.7 Å². The normalized spacial score (nSPS) is 15.0. The molecule has 0 atom stereocenters. The van der Waals surface area contributed by atoms with Crippen LogP contribution in [0.2, 0.25) is 0 Å². The molecule has 1 amide bonds. The molecular formula is C18H20N4O3. The third kappa shape index (κ3) is 3.43. The minimum absolute atomic E-state index is 0.0709. The van der Waals surface area contributed by atoms with Crippen LogP contribution in [-0.2, 0) is 4.79 Å². The molecule has 7 nitrogen and oxygen atoms in total. The van der Waals surface area contributed by atoms with Crippen molar-refractivity contribution < 1.29 is 14.3 Å². The number of para-hydroxylation sites is 1. The predicted molar refractivity (Wildman–Crippen MR) is 92.4 cm³/mol. The lowest BCUT2D eigenvalue weighted by Crippen LogP contribution is -2.38. The van der Waals surface area contributed by atoms with Crippen molar-refractivity contribution in [1.29, 1.82) is 5.26 Å². The quantitative estimate of drug-likeness (QED) is 0.833. The van der Waals surface area contributed by atoms with Crippen LogP contribution in [0.25, 0.3) is 0 Å². The number of carbonyl (C=O) groups excluding carboxylic acids is 1. The van der Waals surface area contributed by atoms with E-state index in [4.69, 9.17) is 9.68 Å². The van der Waals surface area contributed by atoms with Crippen LogP contribution in [0, 0.1) is 31.1 Å². The van der Waals surface area contributed by atoms with Crippen molar-refractivity contribution in [3.8, 4) is 11.8 Å². The fraction of sp³-hybridized carbons (Fsp3) is 0.389. The highest BCUT2D eigenvalue weighted by atomic mass is 16.4. The molecule has 0 bridgehead atoms. The Morgan fingerprint density at radius 1 is 1.40 bits per heavy atom. The van der Waals surface area contributed by atoms with Gasteiger partial charge in [0.2, 0.25) is 17.5 Å². The lowest BCUT2D eigenvalue weighted by molar-refractivity contribution is -0.120. The Morgan fingerprint density at radius 3 is 2.76 bits per heavy atom. The second-order valence-corrected chi connectivity index (χ2v) is 6.22. The Bertz CT molecular complexity index is 809. The number of phenols is 1. The molecule has 1 saturated heterocycles. The first-order chi connectivity index (χ1) is 12.0. The molecule has 1 aliphatic heterocycles. The van der Waals surface area contributed by atoms with E-state index in [1.54, 1.807) is 19.1 Å². The molecule has 2 heterocycles. The minimum Gasteiger partial charge on any atom is -0.506 e. The van der Waals surface area contributed by atoms with E-state index in [1.807, 2.05) is 24.0 Å². The van der Waals surface area contributed by atoms with E-state index >= 15 is 0 Å². The molecule has 2 aromatic rings. The van der Waals surface area contributed by atoms with Gasteiger partial charge in [0.1, 0.15) is 11.8 Å². The number of aromatic hydroxyl groups is 1. The second-order valence-electron chi connectivity index (χ2n) is 6.22. The highest BCUT2D eigenvalue weighted by Gasteiger charge is 2.29. The third-order valence-electron chi connectivity index (χ3n) is 4.47. The van der Waals surface area contributed by atoms with Crippen molar-refractivity contribution in [2.45, 2.75) is 26.7 Å². The van der Waals surface area contributed by atoms with Crippen LogP contribution >= 0.6 is 0 Å². The Hall–Kier alpha value is -3.01. The maximum Gasteiger partial charge on any atom is 0.234 e. The third-order valence-corrected chi connectivity index (χ3v) is 4.47. The molecule has 0 saturated carbocycles. The van der Waals surface area contributed by atoms with E-state index in [9.17, 15) is 9.90 Å². The Labute approximate surface area is 145 Å². The lowest BCUT2D eigenvalue weighted by Gasteiger charge is -2.31. The van der Waals surface area contributed by atoms with Crippen LogP contribution in [0.3, 0.4) is 0 Å². The van der Waals surface area contributed by atoms with Crippen molar-refractivity contribution in [2.75, 3.05) is 23.3 Å². The van der Waals surface area contributed by atoms with Gasteiger partial charge in [0.15, 0.2) is 5.89 Å². The average Bonchev–Trinajstić information content (AvgIpc) is 2.99. The number of aryl methyl sites for hydroxylation is 2. The zero-order valence-corrected chi connectivity index (χ0v) is 14.2. The van der Waals surface area contributed by atoms with E-state index < -0.39 is 0 Å². The molecule has 130 valence electrons. The largest absolute Gasteiger partial charge is 0.506 e. The Morgan fingerprint density at radius 2 is 2.12 bits per heavy atom. The molecule has 1 fully saturated rings. The van der Waals surface area contributed by atoms with E-state index in [0.29, 0.717) is 43.4 Å².